The number of rotatable bonds is 1. The number of nitrogens with zero attached hydrogens (tertiary/aromatic N) is 2. The van der Waals surface area contributed by atoms with Gasteiger partial charge in [-0.2, -0.15) is 0 Å². The maximum Gasteiger partial charge on any atom is 0.0645 e. The lowest BCUT2D eigenvalue weighted by Crippen LogP contribution is -2.66. The second kappa shape index (κ2) is 3.94. The molecule has 0 amide bonds. The molecule has 17 heavy (non-hydrogen) atoms. The Kier molecular flexibility index (Phi) is 2.77. The third-order valence-corrected chi connectivity index (χ3v) is 5.00. The average molecular weight is 238 g/mol. The van der Waals surface area contributed by atoms with Crippen LogP contribution in [-0.4, -0.2) is 60.8 Å². The van der Waals surface area contributed by atoms with Crippen LogP contribution in [0.4, 0.5) is 0 Å². The van der Waals surface area contributed by atoms with Gasteiger partial charge in [0.2, 0.25) is 0 Å². The first-order valence-electron chi connectivity index (χ1n) is 7.05. The molecule has 1 spiro atoms. The lowest BCUT2D eigenvalue weighted by atomic mass is 9.70. The molecular formula is C14H26N2O. The summed E-state index contributed by atoms with van der Waals surface area (Å²) in [5.74, 6) is 0. The fourth-order valence-electron chi connectivity index (χ4n) is 3.35. The number of ether oxygens (including phenoxy) is 1. The van der Waals surface area contributed by atoms with Crippen molar-refractivity contribution in [1.82, 2.24) is 9.80 Å². The summed E-state index contributed by atoms with van der Waals surface area (Å²) in [5, 5.41) is 0. The van der Waals surface area contributed by atoms with Crippen LogP contribution in [0, 0.1) is 5.41 Å². The van der Waals surface area contributed by atoms with Gasteiger partial charge in [0.1, 0.15) is 0 Å². The minimum absolute atomic E-state index is 0.365. The smallest absolute Gasteiger partial charge is 0.0645 e. The standard InChI is InChI=1S/C14H26N2O/c1-13(2,3)16-10-14(11-16)4-6-15(7-5-14)12-8-17-9-12/h12H,4-11H2,1-3H3. The molecule has 3 saturated heterocycles. The van der Waals surface area contributed by atoms with Crippen LogP contribution >= 0.6 is 0 Å². The van der Waals surface area contributed by atoms with Gasteiger partial charge in [-0.3, -0.25) is 9.80 Å². The molecule has 3 heteroatoms. The molecule has 0 N–H and O–H groups in total. The molecule has 3 aliphatic rings. The van der Waals surface area contributed by atoms with Gasteiger partial charge in [0.25, 0.3) is 0 Å². The van der Waals surface area contributed by atoms with Crippen molar-refractivity contribution < 1.29 is 4.74 Å². The van der Waals surface area contributed by atoms with Gasteiger partial charge in [0.05, 0.1) is 19.3 Å². The van der Waals surface area contributed by atoms with Gasteiger partial charge in [-0.15, -0.1) is 0 Å². The topological polar surface area (TPSA) is 15.7 Å². The molecule has 0 radical (unpaired) electrons. The molecule has 0 aromatic heterocycles. The van der Waals surface area contributed by atoms with Gasteiger partial charge >= 0.3 is 0 Å². The van der Waals surface area contributed by atoms with Crippen molar-refractivity contribution >= 4 is 0 Å². The summed E-state index contributed by atoms with van der Waals surface area (Å²) in [6.45, 7) is 14.2. The SMILES string of the molecule is CC(C)(C)N1CC2(CCN(C3COC3)CC2)C1. The van der Waals surface area contributed by atoms with Crippen LogP contribution in [-0.2, 0) is 4.74 Å². The van der Waals surface area contributed by atoms with Gasteiger partial charge in [0.15, 0.2) is 0 Å². The van der Waals surface area contributed by atoms with E-state index in [0.29, 0.717) is 11.0 Å². The normalized spacial score (nSPS) is 31.2. The molecular weight excluding hydrogens is 212 g/mol. The highest BCUT2D eigenvalue weighted by Crippen LogP contribution is 2.43. The van der Waals surface area contributed by atoms with Crippen LogP contribution in [0.25, 0.3) is 0 Å². The summed E-state index contributed by atoms with van der Waals surface area (Å²) in [6.07, 6.45) is 2.80. The second-order valence-corrected chi connectivity index (χ2v) is 7.25. The van der Waals surface area contributed by atoms with Gasteiger partial charge in [-0.1, -0.05) is 0 Å². The molecule has 3 heterocycles. The Balaban J connectivity index is 1.49. The summed E-state index contributed by atoms with van der Waals surface area (Å²) in [4.78, 5) is 5.28. The fourth-order valence-corrected chi connectivity index (χ4v) is 3.35. The molecule has 0 unspecified atom stereocenters. The first-order valence-corrected chi connectivity index (χ1v) is 7.05. The van der Waals surface area contributed by atoms with Crippen LogP contribution in [0.15, 0.2) is 0 Å². The molecule has 0 aliphatic carbocycles. The average Bonchev–Trinajstić information content (AvgIpc) is 2.11. The van der Waals surface area contributed by atoms with Crippen molar-refractivity contribution in [2.75, 3.05) is 39.4 Å². The number of hydrogen-bond acceptors (Lipinski definition) is 3. The molecule has 3 fully saturated rings. The maximum atomic E-state index is 5.29. The minimum atomic E-state index is 0.365. The van der Waals surface area contributed by atoms with E-state index < -0.39 is 0 Å². The Hall–Kier alpha value is -0.120. The van der Waals surface area contributed by atoms with Crippen LogP contribution in [0.2, 0.25) is 0 Å². The van der Waals surface area contributed by atoms with Gasteiger partial charge in [-0.05, 0) is 52.1 Å². The molecule has 0 atom stereocenters. The van der Waals surface area contributed by atoms with E-state index in [-0.39, 0.29) is 0 Å². The van der Waals surface area contributed by atoms with Crippen molar-refractivity contribution in [3.63, 3.8) is 0 Å². The van der Waals surface area contributed by atoms with E-state index in [2.05, 4.69) is 30.6 Å². The number of likely N-dealkylation sites (tertiary alicyclic amines) is 2. The summed E-state index contributed by atoms with van der Waals surface area (Å²) < 4.78 is 5.29. The lowest BCUT2D eigenvalue weighted by molar-refractivity contribution is -0.122. The Morgan fingerprint density at radius 3 is 2.06 bits per heavy atom. The second-order valence-electron chi connectivity index (χ2n) is 7.25. The molecule has 3 nitrogen and oxygen atoms in total. The van der Waals surface area contributed by atoms with Crippen LogP contribution < -0.4 is 0 Å². The minimum Gasteiger partial charge on any atom is -0.378 e. The fraction of sp³-hybridized carbons (Fsp3) is 1.00. The summed E-state index contributed by atoms with van der Waals surface area (Å²) >= 11 is 0. The van der Waals surface area contributed by atoms with Crippen LogP contribution in [0.3, 0.4) is 0 Å². The molecule has 0 aromatic carbocycles. The lowest BCUT2D eigenvalue weighted by Gasteiger charge is -2.59. The molecule has 0 bridgehead atoms. The predicted octanol–water partition coefficient (Wildman–Crippen LogP) is 1.58. The zero-order valence-electron chi connectivity index (χ0n) is 11.5. The van der Waals surface area contributed by atoms with Crippen molar-refractivity contribution in [2.45, 2.75) is 45.2 Å². The van der Waals surface area contributed by atoms with E-state index in [4.69, 9.17) is 4.74 Å². The Bertz CT molecular complexity index is 277. The van der Waals surface area contributed by atoms with Crippen molar-refractivity contribution in [3.05, 3.63) is 0 Å². The molecule has 3 aliphatic heterocycles. The maximum absolute atomic E-state index is 5.29. The monoisotopic (exact) mass is 238 g/mol. The van der Waals surface area contributed by atoms with Crippen molar-refractivity contribution in [1.29, 1.82) is 0 Å². The third kappa shape index (κ3) is 2.13. The van der Waals surface area contributed by atoms with Crippen LogP contribution in [0.5, 0.6) is 0 Å². The van der Waals surface area contributed by atoms with Gasteiger partial charge in [0, 0.05) is 18.6 Å². The summed E-state index contributed by atoms with van der Waals surface area (Å²) in [5.41, 5.74) is 1.03. The molecule has 3 rings (SSSR count). The third-order valence-electron chi connectivity index (χ3n) is 5.00. The summed E-state index contributed by atoms with van der Waals surface area (Å²) in [6, 6.07) is 0.742. The Morgan fingerprint density at radius 1 is 1.06 bits per heavy atom. The zero-order chi connectivity index (χ0) is 12.1. The van der Waals surface area contributed by atoms with Crippen molar-refractivity contribution in [3.8, 4) is 0 Å². The zero-order valence-corrected chi connectivity index (χ0v) is 11.5. The van der Waals surface area contributed by atoms with E-state index in [1.807, 2.05) is 0 Å². The largest absolute Gasteiger partial charge is 0.378 e. The Labute approximate surface area is 105 Å². The first kappa shape index (κ1) is 11.9. The number of piperidine rings is 1. The highest BCUT2D eigenvalue weighted by Gasteiger charge is 2.48. The molecule has 0 saturated carbocycles. The molecule has 0 aromatic rings. The van der Waals surface area contributed by atoms with E-state index in [1.54, 1.807) is 0 Å². The van der Waals surface area contributed by atoms with E-state index in [0.717, 1.165) is 19.3 Å². The highest BCUT2D eigenvalue weighted by atomic mass is 16.5. The van der Waals surface area contributed by atoms with Crippen molar-refractivity contribution in [2.24, 2.45) is 5.41 Å². The summed E-state index contributed by atoms with van der Waals surface area (Å²) in [7, 11) is 0. The first-order chi connectivity index (χ1) is 7.99. The Morgan fingerprint density at radius 2 is 1.65 bits per heavy atom. The predicted molar refractivity (Wildman–Crippen MR) is 69.2 cm³/mol. The van der Waals surface area contributed by atoms with Gasteiger partial charge < -0.3 is 4.74 Å². The highest BCUT2D eigenvalue weighted by molar-refractivity contribution is 5.02. The van der Waals surface area contributed by atoms with E-state index in [9.17, 15) is 0 Å². The quantitative estimate of drug-likeness (QED) is 0.690. The molecule has 98 valence electrons. The van der Waals surface area contributed by atoms with Crippen LogP contribution in [0.1, 0.15) is 33.6 Å². The number of hydrogen-bond donors (Lipinski definition) is 0. The van der Waals surface area contributed by atoms with Gasteiger partial charge in [-0.25, -0.2) is 0 Å². The van der Waals surface area contributed by atoms with E-state index >= 15 is 0 Å². The van der Waals surface area contributed by atoms with E-state index in [1.165, 1.54) is 39.0 Å².